The fourth-order valence-electron chi connectivity index (χ4n) is 1.94. The Hall–Kier alpha value is -1.13. The molecule has 0 aliphatic heterocycles. The third-order valence-electron chi connectivity index (χ3n) is 3.35. The van der Waals surface area contributed by atoms with Crippen LogP contribution in [-0.2, 0) is 9.78 Å². The summed E-state index contributed by atoms with van der Waals surface area (Å²) in [7, 11) is -1.33. The Labute approximate surface area is 129 Å². The second-order valence-corrected chi connectivity index (χ2v) is 11.4. The van der Waals surface area contributed by atoms with Crippen molar-refractivity contribution in [2.24, 2.45) is 0 Å². The minimum Gasteiger partial charge on any atom is -0.293 e. The van der Waals surface area contributed by atoms with Crippen LogP contribution >= 0.6 is 0 Å². The van der Waals surface area contributed by atoms with Gasteiger partial charge in [0.15, 0.2) is 0 Å². The summed E-state index contributed by atoms with van der Waals surface area (Å²) in [5, 5.41) is 1.32. The minimum atomic E-state index is -1.33. The first-order valence-corrected chi connectivity index (χ1v) is 11.2. The molecule has 0 bridgehead atoms. The molecule has 0 fully saturated rings. The first-order chi connectivity index (χ1) is 9.95. The van der Waals surface area contributed by atoms with E-state index in [-0.39, 0.29) is 0 Å². The molecule has 0 unspecified atom stereocenters. The van der Waals surface area contributed by atoms with E-state index in [0.717, 1.165) is 32.1 Å². The lowest BCUT2D eigenvalue weighted by Gasteiger charge is -2.16. The largest absolute Gasteiger partial charge is 0.373 e. The maximum atomic E-state index is 11.8. The summed E-state index contributed by atoms with van der Waals surface area (Å²) >= 11 is 0. The second-order valence-electron chi connectivity index (χ2n) is 6.29. The molecule has 0 aliphatic carbocycles. The molecule has 0 aliphatic rings. The third-order valence-corrected chi connectivity index (χ3v) is 5.41. The van der Waals surface area contributed by atoms with E-state index in [1.165, 1.54) is 5.19 Å². The number of carbonyl (C=O) groups excluding carboxylic acids is 1. The number of unbranched alkanes of at least 4 members (excludes halogenated alkanes) is 4. The smallest absolute Gasteiger partial charge is 0.293 e. The van der Waals surface area contributed by atoms with Gasteiger partial charge < -0.3 is 0 Å². The molecule has 1 aromatic carbocycles. The van der Waals surface area contributed by atoms with Crippen molar-refractivity contribution in [3.8, 4) is 0 Å². The number of hydrogen-bond acceptors (Lipinski definition) is 3. The molecular formula is C17H27O3Si. The molecule has 0 amide bonds. The number of benzene rings is 1. The molecule has 0 spiro atoms. The van der Waals surface area contributed by atoms with Gasteiger partial charge >= 0.3 is 5.97 Å². The van der Waals surface area contributed by atoms with E-state index in [1.54, 1.807) is 0 Å². The van der Waals surface area contributed by atoms with Gasteiger partial charge in [-0.2, -0.15) is 4.89 Å². The van der Waals surface area contributed by atoms with Crippen LogP contribution in [-0.4, -0.2) is 20.7 Å². The highest BCUT2D eigenvalue weighted by atomic mass is 28.3. The van der Waals surface area contributed by atoms with Crippen molar-refractivity contribution in [1.29, 1.82) is 0 Å². The Balaban J connectivity index is 2.29. The Bertz CT molecular complexity index is 421. The van der Waals surface area contributed by atoms with Crippen LogP contribution in [0.25, 0.3) is 0 Å². The van der Waals surface area contributed by atoms with Gasteiger partial charge in [-0.3, -0.25) is 4.89 Å². The Morgan fingerprint density at radius 2 is 1.67 bits per heavy atom. The van der Waals surface area contributed by atoms with Gasteiger partial charge in [-0.1, -0.05) is 69.6 Å². The molecular weight excluding hydrogens is 280 g/mol. The zero-order chi connectivity index (χ0) is 15.7. The van der Waals surface area contributed by atoms with Crippen molar-refractivity contribution in [1.82, 2.24) is 0 Å². The van der Waals surface area contributed by atoms with Crippen molar-refractivity contribution < 1.29 is 14.6 Å². The van der Waals surface area contributed by atoms with Crippen molar-refractivity contribution in [2.75, 3.05) is 6.61 Å². The molecule has 117 valence electrons. The average molecular weight is 307 g/mol. The second kappa shape index (κ2) is 9.00. The van der Waals surface area contributed by atoms with Crippen molar-refractivity contribution in [2.45, 2.75) is 51.7 Å². The van der Waals surface area contributed by atoms with Crippen molar-refractivity contribution in [3.63, 3.8) is 0 Å². The fourth-order valence-corrected chi connectivity index (χ4v) is 3.11. The first-order valence-electron chi connectivity index (χ1n) is 7.68. The van der Waals surface area contributed by atoms with E-state index in [0.29, 0.717) is 12.2 Å². The fraction of sp³-hybridized carbons (Fsp3) is 0.529. The monoisotopic (exact) mass is 307 g/mol. The van der Waals surface area contributed by atoms with Gasteiger partial charge in [-0.15, -0.1) is 0 Å². The van der Waals surface area contributed by atoms with E-state index in [1.807, 2.05) is 24.3 Å². The molecule has 4 heteroatoms. The van der Waals surface area contributed by atoms with Crippen LogP contribution in [0.1, 0.15) is 42.5 Å². The van der Waals surface area contributed by atoms with Gasteiger partial charge in [0.1, 0.15) is 0 Å². The predicted molar refractivity (Wildman–Crippen MR) is 89.2 cm³/mol. The van der Waals surface area contributed by atoms with Gasteiger partial charge in [-0.05, 0) is 18.6 Å². The van der Waals surface area contributed by atoms with E-state index in [4.69, 9.17) is 9.78 Å². The molecule has 0 saturated carbocycles. The molecule has 21 heavy (non-hydrogen) atoms. The molecule has 1 rings (SSSR count). The van der Waals surface area contributed by atoms with E-state index < -0.39 is 14.0 Å². The molecule has 0 N–H and O–H groups in total. The predicted octanol–water partition coefficient (Wildman–Crippen LogP) is 4.10. The van der Waals surface area contributed by atoms with E-state index >= 15 is 0 Å². The lowest BCUT2D eigenvalue weighted by Crippen LogP contribution is -2.37. The molecule has 0 saturated heterocycles. The summed E-state index contributed by atoms with van der Waals surface area (Å²) in [6.45, 7) is 11.1. The van der Waals surface area contributed by atoms with Crippen LogP contribution in [0.3, 0.4) is 0 Å². The summed E-state index contributed by atoms with van der Waals surface area (Å²) in [6, 6.07) is 7.66. The van der Waals surface area contributed by atoms with Crippen LogP contribution in [0.15, 0.2) is 24.3 Å². The molecule has 0 heterocycles. The van der Waals surface area contributed by atoms with E-state index in [2.05, 4.69) is 26.6 Å². The van der Waals surface area contributed by atoms with Crippen LogP contribution in [0.5, 0.6) is 0 Å². The normalized spacial score (nSPS) is 11.4. The summed E-state index contributed by atoms with van der Waals surface area (Å²) in [5.74, 6) is -0.421. The molecule has 0 aromatic heterocycles. The maximum absolute atomic E-state index is 11.8. The molecule has 3 nitrogen and oxygen atoms in total. The zero-order valence-corrected chi connectivity index (χ0v) is 14.5. The summed E-state index contributed by atoms with van der Waals surface area (Å²) in [4.78, 5) is 21.6. The topological polar surface area (TPSA) is 35.5 Å². The highest BCUT2D eigenvalue weighted by molar-refractivity contribution is 6.88. The van der Waals surface area contributed by atoms with E-state index in [9.17, 15) is 4.79 Å². The lowest BCUT2D eigenvalue weighted by atomic mass is 10.2. The lowest BCUT2D eigenvalue weighted by molar-refractivity contribution is -0.241. The van der Waals surface area contributed by atoms with Crippen LogP contribution in [0.4, 0.5) is 0 Å². The van der Waals surface area contributed by atoms with Crippen LogP contribution in [0.2, 0.25) is 19.6 Å². The molecule has 1 radical (unpaired) electrons. The highest BCUT2D eigenvalue weighted by Gasteiger charge is 2.17. The van der Waals surface area contributed by atoms with Crippen LogP contribution in [0, 0.1) is 6.92 Å². The van der Waals surface area contributed by atoms with Crippen LogP contribution < -0.4 is 5.19 Å². The van der Waals surface area contributed by atoms with Gasteiger partial charge in [0.2, 0.25) is 0 Å². The van der Waals surface area contributed by atoms with Gasteiger partial charge in [0.25, 0.3) is 0 Å². The maximum Gasteiger partial charge on any atom is 0.373 e. The average Bonchev–Trinajstić information content (AvgIpc) is 2.45. The quantitative estimate of drug-likeness (QED) is 0.298. The number of rotatable bonds is 9. The number of carbonyl (C=O) groups is 1. The first kappa shape index (κ1) is 17.9. The third kappa shape index (κ3) is 6.91. The zero-order valence-electron chi connectivity index (χ0n) is 13.5. The standard InChI is InChI=1S/C17H27O3Si/c1-5-6-7-8-9-14-19-20-17(18)15-10-12-16(13-11-15)21(2,3)4/h10-13H,1,5-9,14H2,2-4H3. The molecule has 0 atom stereocenters. The van der Waals surface area contributed by atoms with Gasteiger partial charge in [0.05, 0.1) is 20.2 Å². The van der Waals surface area contributed by atoms with Crippen molar-refractivity contribution >= 4 is 19.2 Å². The Morgan fingerprint density at radius 3 is 2.24 bits per heavy atom. The Kier molecular flexibility index (Phi) is 7.68. The minimum absolute atomic E-state index is 0.421. The summed E-state index contributed by atoms with van der Waals surface area (Å²) < 4.78 is 0. The summed E-state index contributed by atoms with van der Waals surface area (Å²) in [6.07, 6.45) is 5.26. The molecule has 1 aromatic rings. The highest BCUT2D eigenvalue weighted by Crippen LogP contribution is 2.07. The SMILES string of the molecule is [CH2]CCCCCCOOC(=O)c1ccc([Si](C)(C)C)cc1. The van der Waals surface area contributed by atoms with Crippen molar-refractivity contribution in [3.05, 3.63) is 36.8 Å². The van der Waals surface area contributed by atoms with Gasteiger partial charge in [-0.25, -0.2) is 4.79 Å². The Morgan fingerprint density at radius 1 is 1.05 bits per heavy atom. The summed E-state index contributed by atoms with van der Waals surface area (Å²) in [5.41, 5.74) is 0.536. The van der Waals surface area contributed by atoms with Gasteiger partial charge in [0, 0.05) is 0 Å². The number of hydrogen-bond donors (Lipinski definition) is 0.